The summed E-state index contributed by atoms with van der Waals surface area (Å²) in [5, 5.41) is 10.3. The highest BCUT2D eigenvalue weighted by atomic mass is 16.6. The fourth-order valence-electron chi connectivity index (χ4n) is 6.36. The zero-order chi connectivity index (χ0) is 25.4. The van der Waals surface area contributed by atoms with Gasteiger partial charge in [0, 0.05) is 32.7 Å². The molecule has 1 N–H and O–H groups in total. The minimum Gasteiger partial charge on any atom is -0.465 e. The summed E-state index contributed by atoms with van der Waals surface area (Å²) in [6.45, 7) is 8.38. The Balaban J connectivity index is 1.52. The van der Waals surface area contributed by atoms with Crippen molar-refractivity contribution in [2.45, 2.75) is 44.1 Å². The minimum absolute atomic E-state index is 0.100. The predicted octanol–water partition coefficient (Wildman–Crippen LogP) is -0.182. The number of hydrogen-bond donors (Lipinski definition) is 1. The van der Waals surface area contributed by atoms with Crippen molar-refractivity contribution in [3.05, 3.63) is 24.3 Å². The smallest absolute Gasteiger partial charge is 0.312 e. The van der Waals surface area contributed by atoms with E-state index >= 15 is 0 Å². The molecule has 5 aliphatic heterocycles. The predicted molar refractivity (Wildman–Crippen MR) is 129 cm³/mol. The molecule has 3 saturated heterocycles. The first-order valence-electron chi connectivity index (χ1n) is 13.1. The van der Waals surface area contributed by atoms with Crippen LogP contribution in [0.25, 0.3) is 0 Å². The molecule has 198 valence electrons. The van der Waals surface area contributed by atoms with Crippen LogP contribution < -0.4 is 0 Å². The van der Waals surface area contributed by atoms with Crippen molar-refractivity contribution in [2.24, 2.45) is 17.8 Å². The van der Waals surface area contributed by atoms with E-state index in [1.807, 2.05) is 38.2 Å². The minimum atomic E-state index is -1.30. The molecule has 0 radical (unpaired) electrons. The maximum Gasteiger partial charge on any atom is 0.312 e. The van der Waals surface area contributed by atoms with Crippen molar-refractivity contribution in [1.82, 2.24) is 14.7 Å². The lowest BCUT2D eigenvalue weighted by atomic mass is 9.77. The number of aliphatic hydroxyl groups is 1. The number of morpholine rings is 1. The first-order valence-corrected chi connectivity index (χ1v) is 13.1. The average Bonchev–Trinajstić information content (AvgIpc) is 3.23. The van der Waals surface area contributed by atoms with Gasteiger partial charge in [-0.2, -0.15) is 0 Å². The van der Waals surface area contributed by atoms with Crippen molar-refractivity contribution in [2.75, 3.05) is 59.2 Å². The summed E-state index contributed by atoms with van der Waals surface area (Å²) in [4.78, 5) is 47.0. The molecule has 5 aliphatic rings. The molecule has 5 rings (SSSR count). The van der Waals surface area contributed by atoms with Crippen molar-refractivity contribution >= 4 is 17.8 Å². The van der Waals surface area contributed by atoms with E-state index in [-0.39, 0.29) is 30.9 Å². The Bertz CT molecular complexity index is 930. The molecule has 10 nitrogen and oxygen atoms in total. The Morgan fingerprint density at radius 1 is 1.08 bits per heavy atom. The Labute approximate surface area is 211 Å². The molecule has 6 atom stereocenters. The van der Waals surface area contributed by atoms with Crippen LogP contribution in [0.2, 0.25) is 0 Å². The van der Waals surface area contributed by atoms with Crippen LogP contribution in [0.4, 0.5) is 0 Å². The third-order valence-electron chi connectivity index (χ3n) is 8.25. The molecule has 0 aromatic carbocycles. The maximum absolute atomic E-state index is 14.2. The average molecular weight is 504 g/mol. The largest absolute Gasteiger partial charge is 0.465 e. The number of likely N-dealkylation sites (tertiary alicyclic amines) is 1. The van der Waals surface area contributed by atoms with Crippen molar-refractivity contribution in [1.29, 1.82) is 0 Å². The number of carbonyl (C=O) groups is 3. The highest BCUT2D eigenvalue weighted by Crippen LogP contribution is 2.54. The fourth-order valence-corrected chi connectivity index (χ4v) is 6.36. The van der Waals surface area contributed by atoms with E-state index in [1.54, 1.807) is 4.90 Å². The highest BCUT2D eigenvalue weighted by molar-refractivity contribution is 5.99. The van der Waals surface area contributed by atoms with Gasteiger partial charge in [0.2, 0.25) is 11.8 Å². The van der Waals surface area contributed by atoms with Gasteiger partial charge in [0.05, 0.1) is 44.5 Å². The Morgan fingerprint density at radius 2 is 1.86 bits per heavy atom. The van der Waals surface area contributed by atoms with E-state index in [0.717, 1.165) is 13.1 Å². The summed E-state index contributed by atoms with van der Waals surface area (Å²) in [5.74, 6) is -2.86. The van der Waals surface area contributed by atoms with Crippen molar-refractivity contribution in [3.63, 3.8) is 0 Å². The first-order chi connectivity index (χ1) is 17.4. The molecule has 10 heteroatoms. The summed E-state index contributed by atoms with van der Waals surface area (Å²) in [6.07, 6.45) is 7.37. The lowest BCUT2D eigenvalue weighted by Crippen LogP contribution is -2.59. The van der Waals surface area contributed by atoms with Crippen LogP contribution in [0, 0.1) is 17.8 Å². The van der Waals surface area contributed by atoms with Crippen LogP contribution in [0.15, 0.2) is 24.3 Å². The molecule has 0 aliphatic carbocycles. The Morgan fingerprint density at radius 3 is 2.58 bits per heavy atom. The van der Waals surface area contributed by atoms with Crippen molar-refractivity contribution in [3.8, 4) is 0 Å². The number of esters is 1. The molecular weight excluding hydrogens is 466 g/mol. The number of carbonyl (C=O) groups excluding carboxylic acids is 3. The van der Waals surface area contributed by atoms with Gasteiger partial charge in [-0.05, 0) is 12.3 Å². The second kappa shape index (κ2) is 10.2. The second-order valence-electron chi connectivity index (χ2n) is 10.6. The van der Waals surface area contributed by atoms with Crippen LogP contribution in [0.5, 0.6) is 0 Å². The fraction of sp³-hybridized carbons (Fsp3) is 0.731. The number of fused-ring (bicyclic) bond motifs is 2. The van der Waals surface area contributed by atoms with Gasteiger partial charge in [-0.1, -0.05) is 38.2 Å². The maximum atomic E-state index is 14.2. The number of rotatable bonds is 6. The Hall–Kier alpha value is -2.27. The van der Waals surface area contributed by atoms with Gasteiger partial charge < -0.3 is 29.1 Å². The van der Waals surface area contributed by atoms with Gasteiger partial charge in [0.1, 0.15) is 17.6 Å². The normalized spacial score (nSPS) is 35.7. The standard InChI is InChI=1S/C26H37N3O7/c1-17(2)18(16-30)29-22-24(32)28(10-9-27-11-14-34-15-12-27)8-5-7-26(22)21(23(29)31)20-19(36-26)6-3-4-13-35-25(20)33/h3,5-7,17-22,30H,4,8-16H2,1-2H3/t18-,19+,20-,21-,22?,26-/m0/s1. The molecule has 5 heterocycles. The lowest BCUT2D eigenvalue weighted by Gasteiger charge is -2.40. The quantitative estimate of drug-likeness (QED) is 0.393. The SMILES string of the molecule is CC(C)[C@H](CO)N1C(=O)[C@@H]2[C@H]3C(=O)OCCC=C[C@H]3O[C@@]23C=CCN(CCN2CCOCC2)C(=O)C13. The summed E-state index contributed by atoms with van der Waals surface area (Å²) in [5.41, 5.74) is -1.30. The van der Waals surface area contributed by atoms with Crippen LogP contribution in [-0.2, 0) is 28.6 Å². The topological polar surface area (TPSA) is 109 Å². The number of ether oxygens (including phenoxy) is 3. The number of cyclic esters (lactones) is 1. The van der Waals surface area contributed by atoms with E-state index in [2.05, 4.69) is 4.90 Å². The number of nitrogens with zero attached hydrogens (tertiary/aromatic N) is 3. The van der Waals surface area contributed by atoms with Gasteiger partial charge in [-0.25, -0.2) is 0 Å². The lowest BCUT2D eigenvalue weighted by molar-refractivity contribution is -0.157. The summed E-state index contributed by atoms with van der Waals surface area (Å²) >= 11 is 0. The zero-order valence-electron chi connectivity index (χ0n) is 21.1. The van der Waals surface area contributed by atoms with Gasteiger partial charge in [0.15, 0.2) is 0 Å². The van der Waals surface area contributed by atoms with E-state index < -0.39 is 41.6 Å². The molecule has 0 saturated carbocycles. The van der Waals surface area contributed by atoms with E-state index in [1.165, 1.54) is 4.90 Å². The van der Waals surface area contributed by atoms with Crippen LogP contribution in [-0.4, -0.2) is 121 Å². The van der Waals surface area contributed by atoms with Gasteiger partial charge >= 0.3 is 5.97 Å². The summed E-state index contributed by atoms with van der Waals surface area (Å²) < 4.78 is 17.5. The Kier molecular flexibility index (Phi) is 7.22. The first kappa shape index (κ1) is 25.4. The van der Waals surface area contributed by atoms with Crippen LogP contribution >= 0.6 is 0 Å². The molecular formula is C26H37N3O7. The molecule has 3 fully saturated rings. The monoisotopic (exact) mass is 503 g/mol. The van der Waals surface area contributed by atoms with Gasteiger partial charge in [0.25, 0.3) is 0 Å². The van der Waals surface area contributed by atoms with E-state index in [9.17, 15) is 19.5 Å². The highest BCUT2D eigenvalue weighted by Gasteiger charge is 2.72. The molecule has 0 bridgehead atoms. The van der Waals surface area contributed by atoms with Gasteiger partial charge in [-0.3, -0.25) is 19.3 Å². The molecule has 0 aromatic heterocycles. The third kappa shape index (κ3) is 4.17. The zero-order valence-corrected chi connectivity index (χ0v) is 21.1. The molecule has 2 amide bonds. The molecule has 1 spiro atoms. The van der Waals surface area contributed by atoms with Crippen molar-refractivity contribution < 1.29 is 33.7 Å². The van der Waals surface area contributed by atoms with E-state index in [0.29, 0.717) is 39.3 Å². The summed E-state index contributed by atoms with van der Waals surface area (Å²) in [6, 6.07) is -1.55. The third-order valence-corrected chi connectivity index (χ3v) is 8.25. The molecule has 1 unspecified atom stereocenters. The summed E-state index contributed by atoms with van der Waals surface area (Å²) in [7, 11) is 0. The van der Waals surface area contributed by atoms with Crippen LogP contribution in [0.3, 0.4) is 0 Å². The number of amides is 2. The molecule has 0 aromatic rings. The number of hydrogen-bond acceptors (Lipinski definition) is 8. The molecule has 36 heavy (non-hydrogen) atoms. The van der Waals surface area contributed by atoms with Crippen LogP contribution in [0.1, 0.15) is 20.3 Å². The second-order valence-corrected chi connectivity index (χ2v) is 10.6. The van der Waals surface area contributed by atoms with E-state index in [4.69, 9.17) is 14.2 Å². The number of aliphatic hydroxyl groups excluding tert-OH is 1. The van der Waals surface area contributed by atoms with Gasteiger partial charge in [-0.15, -0.1) is 0 Å².